The number of carbonyl (C=O) groups excluding carboxylic acids is 3. The van der Waals surface area contributed by atoms with E-state index in [1.165, 1.54) is 0 Å². The van der Waals surface area contributed by atoms with Gasteiger partial charge in [0.2, 0.25) is 11.8 Å². The van der Waals surface area contributed by atoms with Crippen molar-refractivity contribution in [3.63, 3.8) is 0 Å². The Morgan fingerprint density at radius 2 is 1.71 bits per heavy atom. The molecule has 1 aromatic carbocycles. The molecule has 4 rings (SSSR count). The molecular weight excluding hydrogens is 652 g/mol. The summed E-state index contributed by atoms with van der Waals surface area (Å²) in [6, 6.07) is 6.60. The fourth-order valence-electron chi connectivity index (χ4n) is 7.80. The third kappa shape index (κ3) is 6.48. The molecule has 1 N–H and O–H groups in total. The normalized spacial score (nSPS) is 27.4. The van der Waals surface area contributed by atoms with Crippen LogP contribution < -0.4 is 9.80 Å². The van der Waals surface area contributed by atoms with Crippen LogP contribution in [0.15, 0.2) is 49.6 Å². The van der Waals surface area contributed by atoms with Crippen molar-refractivity contribution in [3.8, 4) is 0 Å². The molecule has 0 saturated carbocycles. The van der Waals surface area contributed by atoms with Crippen LogP contribution in [0.25, 0.3) is 0 Å². The molecular formula is C35H51BrN4O4S. The maximum absolute atomic E-state index is 15.0. The molecule has 3 fully saturated rings. The minimum Gasteiger partial charge on any atom is -0.394 e. The lowest BCUT2D eigenvalue weighted by Crippen LogP contribution is -2.58. The van der Waals surface area contributed by atoms with E-state index in [-0.39, 0.29) is 46.9 Å². The average Bonchev–Trinajstić information content (AvgIpc) is 3.62. The van der Waals surface area contributed by atoms with E-state index in [0.717, 1.165) is 30.9 Å². The number of benzene rings is 1. The van der Waals surface area contributed by atoms with Crippen LogP contribution in [0, 0.1) is 17.8 Å². The maximum Gasteiger partial charge on any atom is 0.251 e. The Morgan fingerprint density at radius 1 is 1.09 bits per heavy atom. The van der Waals surface area contributed by atoms with E-state index < -0.39 is 28.7 Å². The predicted molar refractivity (Wildman–Crippen MR) is 189 cm³/mol. The van der Waals surface area contributed by atoms with Gasteiger partial charge in [0, 0.05) is 54.2 Å². The fraction of sp³-hybridized carbons (Fsp3) is 0.629. The molecule has 3 saturated heterocycles. The van der Waals surface area contributed by atoms with E-state index in [4.69, 9.17) is 0 Å². The number of rotatable bonds is 16. The van der Waals surface area contributed by atoms with Gasteiger partial charge < -0.3 is 24.7 Å². The number of thioether (sulfide) groups is 1. The van der Waals surface area contributed by atoms with Gasteiger partial charge in [0.1, 0.15) is 6.04 Å². The van der Waals surface area contributed by atoms with Crippen molar-refractivity contribution in [2.75, 3.05) is 49.1 Å². The lowest BCUT2D eigenvalue weighted by Gasteiger charge is -2.40. The second-order valence-electron chi connectivity index (χ2n) is 12.9. The van der Waals surface area contributed by atoms with E-state index in [2.05, 4.69) is 61.7 Å². The third-order valence-corrected chi connectivity index (χ3v) is 12.8. The van der Waals surface area contributed by atoms with Gasteiger partial charge in [-0.1, -0.05) is 48.9 Å². The van der Waals surface area contributed by atoms with Gasteiger partial charge in [-0.3, -0.25) is 14.4 Å². The minimum atomic E-state index is -0.833. The highest BCUT2D eigenvalue weighted by atomic mass is 79.9. The van der Waals surface area contributed by atoms with Gasteiger partial charge in [-0.2, -0.15) is 0 Å². The number of amides is 3. The highest BCUT2D eigenvalue weighted by Gasteiger charge is 2.76. The van der Waals surface area contributed by atoms with Crippen molar-refractivity contribution in [1.29, 1.82) is 0 Å². The number of carbonyl (C=O) groups is 3. The SMILES string of the molecule is C=CCN(CCC)C(=O)[C@H]1[C@H]2C(=O)N([C@@H](CO)CC(C)C)C(C(=O)N(CC=C)c3ccc(N(CC)CC)cc3)C23CC(Br)[C@@H]1S3. The summed E-state index contributed by atoms with van der Waals surface area (Å²) >= 11 is 5.52. The van der Waals surface area contributed by atoms with Gasteiger partial charge in [0.05, 0.1) is 29.2 Å². The first-order chi connectivity index (χ1) is 21.5. The van der Waals surface area contributed by atoms with Crippen molar-refractivity contribution in [3.05, 3.63) is 49.6 Å². The molecule has 3 heterocycles. The van der Waals surface area contributed by atoms with Crippen LogP contribution in [-0.4, -0.2) is 98.9 Å². The van der Waals surface area contributed by atoms with Crippen LogP contribution in [0.1, 0.15) is 53.9 Å². The molecule has 10 heteroatoms. The average molecular weight is 704 g/mol. The number of nitrogens with zero attached hydrogens (tertiary/aromatic N) is 4. The number of hydrogen-bond acceptors (Lipinski definition) is 6. The van der Waals surface area contributed by atoms with E-state index in [0.29, 0.717) is 25.9 Å². The number of likely N-dealkylation sites (tertiary alicyclic amines) is 1. The molecule has 0 aliphatic carbocycles. The predicted octanol–water partition coefficient (Wildman–Crippen LogP) is 5.35. The molecule has 3 aliphatic rings. The summed E-state index contributed by atoms with van der Waals surface area (Å²) in [7, 11) is 0. The van der Waals surface area contributed by atoms with E-state index in [9.17, 15) is 14.7 Å². The van der Waals surface area contributed by atoms with Gasteiger partial charge in [-0.25, -0.2) is 0 Å². The first-order valence-electron chi connectivity index (χ1n) is 16.5. The third-order valence-electron chi connectivity index (χ3n) is 9.62. The Hall–Kier alpha value is -2.30. The standard InChI is InChI=1S/C35H51BrN4O4S/c1-8-17-38(18-9-2)32(42)28-29-33(43)40(26(22-41)20-23(6)7)31(35(29)21-27(36)30(28)45-35)34(44)39(19-10-3)25-15-13-24(14-16-25)37(11-4)12-5/h8,10,13-16,23,26-31,41H,1,3,9,11-12,17-22H2,2,4-7H3/t26-,27?,28+,29+,30+,31?,35?/m1/s1. The molecule has 7 atom stereocenters. The summed E-state index contributed by atoms with van der Waals surface area (Å²) in [5.74, 6) is -1.45. The van der Waals surface area contributed by atoms with Crippen LogP contribution >= 0.6 is 27.7 Å². The molecule has 2 bridgehead atoms. The number of aliphatic hydroxyl groups is 1. The number of fused-ring (bicyclic) bond motifs is 1. The Kier molecular flexibility index (Phi) is 11.9. The van der Waals surface area contributed by atoms with Crippen LogP contribution in [0.4, 0.5) is 11.4 Å². The first kappa shape index (κ1) is 35.6. The van der Waals surface area contributed by atoms with E-state index in [1.807, 2.05) is 31.2 Å². The summed E-state index contributed by atoms with van der Waals surface area (Å²) in [5.41, 5.74) is 1.81. The van der Waals surface area contributed by atoms with Crippen molar-refractivity contribution in [2.45, 2.75) is 80.8 Å². The summed E-state index contributed by atoms with van der Waals surface area (Å²) < 4.78 is -0.801. The van der Waals surface area contributed by atoms with Crippen LogP contribution in [-0.2, 0) is 14.4 Å². The number of alkyl halides is 1. The van der Waals surface area contributed by atoms with Crippen LogP contribution in [0.3, 0.4) is 0 Å². The van der Waals surface area contributed by atoms with Gasteiger partial charge in [-0.15, -0.1) is 24.9 Å². The zero-order chi connectivity index (χ0) is 33.1. The summed E-state index contributed by atoms with van der Waals surface area (Å²) in [6.45, 7) is 21.0. The van der Waals surface area contributed by atoms with Crippen molar-refractivity contribution in [2.24, 2.45) is 17.8 Å². The largest absolute Gasteiger partial charge is 0.394 e. The Labute approximate surface area is 282 Å². The topological polar surface area (TPSA) is 84.4 Å². The molecule has 3 aliphatic heterocycles. The number of halogens is 1. The molecule has 3 unspecified atom stereocenters. The summed E-state index contributed by atoms with van der Waals surface area (Å²) in [5, 5.41) is 10.6. The first-order valence-corrected chi connectivity index (χ1v) is 18.3. The fourth-order valence-corrected chi connectivity index (χ4v) is 11.4. The van der Waals surface area contributed by atoms with E-state index >= 15 is 4.79 Å². The molecule has 45 heavy (non-hydrogen) atoms. The zero-order valence-electron chi connectivity index (χ0n) is 27.5. The summed E-state index contributed by atoms with van der Waals surface area (Å²) in [4.78, 5) is 51.4. The van der Waals surface area contributed by atoms with Crippen molar-refractivity contribution in [1.82, 2.24) is 9.80 Å². The second kappa shape index (κ2) is 15.1. The van der Waals surface area contributed by atoms with E-state index in [1.54, 1.807) is 38.6 Å². The minimum absolute atomic E-state index is 0.0261. The Bertz CT molecular complexity index is 1240. The molecule has 3 amide bonds. The summed E-state index contributed by atoms with van der Waals surface area (Å²) in [6.07, 6.45) is 5.38. The maximum atomic E-state index is 15.0. The Morgan fingerprint density at radius 3 is 2.24 bits per heavy atom. The van der Waals surface area contributed by atoms with Gasteiger partial charge in [0.25, 0.3) is 5.91 Å². The zero-order valence-corrected chi connectivity index (χ0v) is 29.9. The smallest absolute Gasteiger partial charge is 0.251 e. The quantitative estimate of drug-likeness (QED) is 0.185. The molecule has 8 nitrogen and oxygen atoms in total. The van der Waals surface area contributed by atoms with Crippen LogP contribution in [0.2, 0.25) is 0 Å². The van der Waals surface area contributed by atoms with Gasteiger partial charge in [-0.05, 0) is 63.3 Å². The molecule has 1 aromatic rings. The second-order valence-corrected chi connectivity index (χ2v) is 15.6. The number of hydrogen-bond donors (Lipinski definition) is 1. The van der Waals surface area contributed by atoms with Crippen LogP contribution in [0.5, 0.6) is 0 Å². The number of aliphatic hydroxyl groups excluding tert-OH is 1. The lowest BCUT2D eigenvalue weighted by molar-refractivity contribution is -0.145. The molecule has 0 aromatic heterocycles. The van der Waals surface area contributed by atoms with Gasteiger partial charge >= 0.3 is 0 Å². The monoisotopic (exact) mass is 702 g/mol. The highest BCUT2D eigenvalue weighted by molar-refractivity contribution is 9.09. The van der Waals surface area contributed by atoms with Crippen molar-refractivity contribution >= 4 is 56.8 Å². The molecule has 0 radical (unpaired) electrons. The lowest BCUT2D eigenvalue weighted by atomic mass is 9.70. The van der Waals surface area contributed by atoms with Gasteiger partial charge in [0.15, 0.2) is 0 Å². The molecule has 248 valence electrons. The molecule has 1 spiro atoms. The Balaban J connectivity index is 1.82. The number of anilines is 2. The van der Waals surface area contributed by atoms with Crippen molar-refractivity contribution < 1.29 is 19.5 Å². The highest BCUT2D eigenvalue weighted by Crippen LogP contribution is 2.68.